The third-order valence-electron chi connectivity index (χ3n) is 5.68. The molecule has 2 aliphatic heterocycles. The average Bonchev–Trinajstić information content (AvgIpc) is 3.28. The fraction of sp³-hybridized carbons (Fsp3) is 0.333. The Hall–Kier alpha value is -2.13. The maximum Gasteiger partial charge on any atom is 0.317 e. The summed E-state index contributed by atoms with van der Waals surface area (Å²) in [6.07, 6.45) is 3.81. The van der Waals surface area contributed by atoms with Crippen molar-refractivity contribution in [2.75, 3.05) is 25.5 Å². The molecule has 3 heterocycles. The van der Waals surface area contributed by atoms with Crippen LogP contribution in [0.1, 0.15) is 18.4 Å². The smallest absolute Gasteiger partial charge is 0.317 e. The summed E-state index contributed by atoms with van der Waals surface area (Å²) in [6, 6.07) is 9.37. The highest BCUT2D eigenvalue weighted by atomic mass is 35.5. The summed E-state index contributed by atoms with van der Waals surface area (Å²) < 4.78 is 21.3. The molecule has 156 valence electrons. The first kappa shape index (κ1) is 19.8. The number of nitrogens with one attached hydrogen (secondary N) is 1. The number of rotatable bonds is 4. The highest BCUT2D eigenvalue weighted by Gasteiger charge is 2.38. The van der Waals surface area contributed by atoms with Crippen molar-refractivity contribution in [2.24, 2.45) is 5.73 Å². The molecule has 0 amide bonds. The zero-order chi connectivity index (χ0) is 20.9. The van der Waals surface area contributed by atoms with E-state index in [4.69, 9.17) is 22.1 Å². The second kappa shape index (κ2) is 7.53. The SMILES string of the molecule is CN1CCC[C@H]1COc1ncc2ccc(C3(N)Nc4ccc(Cl)cc4S3)c(F)c2n1. The molecule has 30 heavy (non-hydrogen) atoms. The molecule has 1 fully saturated rings. The van der Waals surface area contributed by atoms with Gasteiger partial charge in [-0.2, -0.15) is 4.98 Å². The minimum absolute atomic E-state index is 0.173. The van der Waals surface area contributed by atoms with Crippen molar-refractivity contribution in [3.8, 4) is 6.01 Å². The zero-order valence-corrected chi connectivity index (χ0v) is 17.9. The first-order valence-corrected chi connectivity index (χ1v) is 11.0. The first-order valence-electron chi connectivity index (χ1n) is 9.77. The Morgan fingerprint density at radius 1 is 1.40 bits per heavy atom. The molecular formula is C21H21ClFN5OS. The van der Waals surface area contributed by atoms with E-state index in [-0.39, 0.29) is 11.5 Å². The van der Waals surface area contributed by atoms with Crippen LogP contribution < -0.4 is 15.8 Å². The van der Waals surface area contributed by atoms with Gasteiger partial charge in [0, 0.05) is 33.1 Å². The first-order chi connectivity index (χ1) is 14.4. The lowest BCUT2D eigenvalue weighted by molar-refractivity contribution is 0.188. The number of hydrogen-bond acceptors (Lipinski definition) is 7. The van der Waals surface area contributed by atoms with Gasteiger partial charge in [0.2, 0.25) is 0 Å². The number of aromatic nitrogens is 2. The van der Waals surface area contributed by atoms with Gasteiger partial charge in [-0.3, -0.25) is 5.73 Å². The van der Waals surface area contributed by atoms with E-state index in [0.717, 1.165) is 30.0 Å². The Labute approximate surface area is 183 Å². The zero-order valence-electron chi connectivity index (χ0n) is 16.4. The molecule has 2 aliphatic rings. The number of thioether (sulfide) groups is 1. The Morgan fingerprint density at radius 2 is 2.27 bits per heavy atom. The molecule has 5 rings (SSSR count). The number of hydrogen-bond donors (Lipinski definition) is 2. The van der Waals surface area contributed by atoms with Crippen LogP contribution in [-0.2, 0) is 4.99 Å². The molecule has 0 spiro atoms. The van der Waals surface area contributed by atoms with Crippen molar-refractivity contribution in [2.45, 2.75) is 28.8 Å². The summed E-state index contributed by atoms with van der Waals surface area (Å²) in [4.78, 5) is 10.5. The van der Waals surface area contributed by atoms with Crippen LogP contribution in [0.25, 0.3) is 10.9 Å². The number of likely N-dealkylation sites (tertiary alicyclic amines) is 1. The van der Waals surface area contributed by atoms with Crippen LogP contribution in [-0.4, -0.2) is 41.1 Å². The summed E-state index contributed by atoms with van der Waals surface area (Å²) >= 11 is 7.41. The lowest BCUT2D eigenvalue weighted by Crippen LogP contribution is -2.39. The third kappa shape index (κ3) is 3.47. The number of nitrogens with two attached hydrogens (primary N) is 1. The molecule has 1 saturated heterocycles. The van der Waals surface area contributed by atoms with E-state index >= 15 is 4.39 Å². The fourth-order valence-electron chi connectivity index (χ4n) is 3.97. The normalized spacial score (nSPS) is 23.5. The van der Waals surface area contributed by atoms with Crippen molar-refractivity contribution in [3.63, 3.8) is 0 Å². The van der Waals surface area contributed by atoms with Gasteiger partial charge in [-0.25, -0.2) is 9.37 Å². The van der Waals surface area contributed by atoms with Crippen molar-refractivity contribution in [1.82, 2.24) is 14.9 Å². The summed E-state index contributed by atoms with van der Waals surface area (Å²) in [5, 5.41) is 4.40. The van der Waals surface area contributed by atoms with Crippen LogP contribution in [0.5, 0.6) is 6.01 Å². The predicted molar refractivity (Wildman–Crippen MR) is 117 cm³/mol. The molecule has 2 aromatic carbocycles. The Bertz CT molecular complexity index is 1130. The molecule has 3 aromatic rings. The maximum atomic E-state index is 15.5. The minimum Gasteiger partial charge on any atom is -0.462 e. The topological polar surface area (TPSA) is 76.3 Å². The van der Waals surface area contributed by atoms with Gasteiger partial charge in [-0.05, 0) is 44.6 Å². The second-order valence-electron chi connectivity index (χ2n) is 7.71. The van der Waals surface area contributed by atoms with Gasteiger partial charge in [0.15, 0.2) is 10.8 Å². The van der Waals surface area contributed by atoms with Gasteiger partial charge in [-0.15, -0.1) is 0 Å². The third-order valence-corrected chi connectivity index (χ3v) is 7.12. The standard InChI is InChI=1S/C21H21ClFN5OS/c1-28-8-2-3-14(28)11-29-20-25-10-12-4-6-15(18(23)19(12)26-20)21(24)27-16-7-5-13(22)9-17(16)30-21/h4-7,9-10,14,27H,2-3,8,11,24H2,1H3/t14-,21?/m0/s1. The summed E-state index contributed by atoms with van der Waals surface area (Å²) in [6.45, 7) is 1.54. The second-order valence-corrected chi connectivity index (χ2v) is 9.43. The molecule has 1 unspecified atom stereocenters. The van der Waals surface area contributed by atoms with E-state index in [9.17, 15) is 0 Å². The van der Waals surface area contributed by atoms with E-state index < -0.39 is 10.8 Å². The monoisotopic (exact) mass is 445 g/mol. The number of ether oxygens (including phenoxy) is 1. The van der Waals surface area contributed by atoms with Gasteiger partial charge in [0.25, 0.3) is 0 Å². The largest absolute Gasteiger partial charge is 0.462 e. The lowest BCUT2D eigenvalue weighted by atomic mass is 10.1. The number of fused-ring (bicyclic) bond motifs is 2. The molecule has 2 atom stereocenters. The quantitative estimate of drug-likeness (QED) is 0.623. The van der Waals surface area contributed by atoms with E-state index in [1.165, 1.54) is 11.8 Å². The molecule has 0 radical (unpaired) electrons. The van der Waals surface area contributed by atoms with Crippen molar-refractivity contribution in [1.29, 1.82) is 0 Å². The van der Waals surface area contributed by atoms with Gasteiger partial charge >= 0.3 is 6.01 Å². The lowest BCUT2D eigenvalue weighted by Gasteiger charge is -2.25. The molecule has 0 bridgehead atoms. The number of halogens is 2. The van der Waals surface area contributed by atoms with E-state index in [1.807, 2.05) is 12.1 Å². The maximum absolute atomic E-state index is 15.5. The fourth-order valence-corrected chi connectivity index (χ4v) is 5.40. The Morgan fingerprint density at radius 3 is 3.07 bits per heavy atom. The molecule has 6 nitrogen and oxygen atoms in total. The van der Waals surface area contributed by atoms with Crippen LogP contribution in [0.2, 0.25) is 5.02 Å². The van der Waals surface area contributed by atoms with Crippen molar-refractivity contribution >= 4 is 40.0 Å². The summed E-state index contributed by atoms with van der Waals surface area (Å²) in [7, 11) is 2.08. The number of likely N-dealkylation sites (N-methyl/N-ethyl adjacent to an activating group) is 1. The van der Waals surface area contributed by atoms with Crippen LogP contribution in [0.3, 0.4) is 0 Å². The molecular weight excluding hydrogens is 425 g/mol. The molecule has 0 aliphatic carbocycles. The van der Waals surface area contributed by atoms with E-state index in [1.54, 1.807) is 24.4 Å². The molecule has 9 heteroatoms. The molecule has 3 N–H and O–H groups in total. The summed E-state index contributed by atoms with van der Waals surface area (Å²) in [5.41, 5.74) is 7.88. The number of anilines is 1. The van der Waals surface area contributed by atoms with Gasteiger partial charge in [0.1, 0.15) is 12.1 Å². The van der Waals surface area contributed by atoms with E-state index in [0.29, 0.717) is 28.6 Å². The Balaban J connectivity index is 1.44. The van der Waals surface area contributed by atoms with Crippen LogP contribution >= 0.6 is 23.4 Å². The minimum atomic E-state index is -1.16. The van der Waals surface area contributed by atoms with Crippen LogP contribution in [0.4, 0.5) is 10.1 Å². The highest BCUT2D eigenvalue weighted by molar-refractivity contribution is 8.00. The van der Waals surface area contributed by atoms with Gasteiger partial charge < -0.3 is 15.0 Å². The van der Waals surface area contributed by atoms with Gasteiger partial charge in [-0.1, -0.05) is 35.5 Å². The number of nitrogens with zero attached hydrogens (tertiary/aromatic N) is 3. The molecule has 1 aromatic heterocycles. The van der Waals surface area contributed by atoms with E-state index in [2.05, 4.69) is 27.2 Å². The molecule has 0 saturated carbocycles. The van der Waals surface area contributed by atoms with Crippen molar-refractivity contribution < 1.29 is 9.13 Å². The van der Waals surface area contributed by atoms with Crippen LogP contribution in [0.15, 0.2) is 41.4 Å². The summed E-state index contributed by atoms with van der Waals surface area (Å²) in [5.74, 6) is -0.487. The highest BCUT2D eigenvalue weighted by Crippen LogP contribution is 2.49. The van der Waals surface area contributed by atoms with Crippen LogP contribution in [0, 0.1) is 5.82 Å². The van der Waals surface area contributed by atoms with Crippen molar-refractivity contribution in [3.05, 3.63) is 52.9 Å². The predicted octanol–water partition coefficient (Wildman–Crippen LogP) is 4.18. The number of benzene rings is 2. The average molecular weight is 446 g/mol. The van der Waals surface area contributed by atoms with Gasteiger partial charge in [0.05, 0.1) is 5.69 Å². The Kier molecular flexibility index (Phi) is 4.97.